The molecule has 0 saturated heterocycles. The van der Waals surface area contributed by atoms with Crippen LogP contribution in [0.4, 0.5) is 0 Å². The van der Waals surface area contributed by atoms with E-state index in [0.717, 1.165) is 43.8 Å². The molecule has 0 N–H and O–H groups in total. The molecule has 6 heteroatoms. The first kappa shape index (κ1) is 17.2. The lowest BCUT2D eigenvalue weighted by Crippen LogP contribution is -2.43. The van der Waals surface area contributed by atoms with Crippen molar-refractivity contribution < 1.29 is 24.0 Å². The van der Waals surface area contributed by atoms with Gasteiger partial charge in [-0.1, -0.05) is 19.3 Å². The number of nitrogens with zero attached hydrogens (tertiary/aromatic N) is 1. The van der Waals surface area contributed by atoms with E-state index in [1.54, 1.807) is 0 Å². The van der Waals surface area contributed by atoms with Gasteiger partial charge in [-0.2, -0.15) is 0 Å². The average Bonchev–Trinajstić information content (AvgIpc) is 2.47. The second-order valence-corrected chi connectivity index (χ2v) is 6.29. The molecule has 0 radical (unpaired) electrons. The fraction of sp³-hybridized carbons (Fsp3) is 0.875. The lowest BCUT2D eigenvalue weighted by atomic mass is 9.92. The minimum Gasteiger partial charge on any atom is -0.375 e. The Balaban J connectivity index is 1.88. The number of hydrogen-bond acceptors (Lipinski definition) is 6. The van der Waals surface area contributed by atoms with E-state index in [2.05, 4.69) is 0 Å². The van der Waals surface area contributed by atoms with E-state index < -0.39 is 11.9 Å². The Bertz CT molecular complexity index is 365. The van der Waals surface area contributed by atoms with E-state index in [9.17, 15) is 9.59 Å². The molecule has 22 heavy (non-hydrogen) atoms. The van der Waals surface area contributed by atoms with Crippen LogP contribution >= 0.6 is 0 Å². The van der Waals surface area contributed by atoms with E-state index in [-0.39, 0.29) is 12.1 Å². The molecule has 2 aliphatic rings. The SMILES string of the molecule is CC(=O)ON(OC(C)=O)C1CCCC(OC2CCCCC2)C1. The Kier molecular flexibility index (Phi) is 6.64. The lowest BCUT2D eigenvalue weighted by Gasteiger charge is -2.36. The van der Waals surface area contributed by atoms with Gasteiger partial charge in [0.15, 0.2) is 0 Å². The summed E-state index contributed by atoms with van der Waals surface area (Å²) < 4.78 is 6.21. The fourth-order valence-electron chi connectivity index (χ4n) is 3.33. The zero-order valence-electron chi connectivity index (χ0n) is 13.6. The topological polar surface area (TPSA) is 65.1 Å². The highest BCUT2D eigenvalue weighted by molar-refractivity contribution is 5.67. The van der Waals surface area contributed by atoms with Gasteiger partial charge in [-0.15, -0.1) is 0 Å². The standard InChI is InChI=1S/C16H27NO5/c1-12(18)21-17(22-13(2)19)14-7-6-10-16(11-14)20-15-8-4-3-5-9-15/h14-16H,3-11H2,1-2H3. The van der Waals surface area contributed by atoms with Gasteiger partial charge in [-0.25, -0.2) is 0 Å². The summed E-state index contributed by atoms with van der Waals surface area (Å²) in [4.78, 5) is 32.5. The third-order valence-corrected chi connectivity index (χ3v) is 4.27. The van der Waals surface area contributed by atoms with Crippen LogP contribution in [0.1, 0.15) is 71.6 Å². The minimum atomic E-state index is -0.489. The van der Waals surface area contributed by atoms with Crippen molar-refractivity contribution in [3.05, 3.63) is 0 Å². The van der Waals surface area contributed by atoms with Crippen LogP contribution in [-0.4, -0.2) is 35.4 Å². The van der Waals surface area contributed by atoms with Crippen LogP contribution in [0.15, 0.2) is 0 Å². The Hall–Kier alpha value is -1.14. The zero-order valence-corrected chi connectivity index (χ0v) is 13.6. The third kappa shape index (κ3) is 5.57. The van der Waals surface area contributed by atoms with Gasteiger partial charge in [-0.05, 0) is 38.5 Å². The van der Waals surface area contributed by atoms with Crippen molar-refractivity contribution in [2.24, 2.45) is 0 Å². The van der Waals surface area contributed by atoms with Crippen molar-refractivity contribution in [2.45, 2.75) is 89.9 Å². The molecule has 2 saturated carbocycles. The maximum absolute atomic E-state index is 11.2. The molecule has 2 rings (SSSR count). The first-order valence-electron chi connectivity index (χ1n) is 8.36. The normalized spacial score (nSPS) is 26.7. The summed E-state index contributed by atoms with van der Waals surface area (Å²) in [6.07, 6.45) is 10.1. The molecule has 0 amide bonds. The average molecular weight is 313 g/mol. The van der Waals surface area contributed by atoms with Crippen LogP contribution in [0.5, 0.6) is 0 Å². The first-order chi connectivity index (χ1) is 10.5. The van der Waals surface area contributed by atoms with Gasteiger partial charge in [0.1, 0.15) is 0 Å². The molecule has 0 aliphatic heterocycles. The Morgan fingerprint density at radius 2 is 1.41 bits per heavy atom. The quantitative estimate of drug-likeness (QED) is 0.727. The summed E-state index contributed by atoms with van der Waals surface area (Å²) in [6, 6.07) is -0.129. The van der Waals surface area contributed by atoms with Crippen LogP contribution in [0.25, 0.3) is 0 Å². The molecule has 0 aromatic rings. The van der Waals surface area contributed by atoms with Crippen molar-refractivity contribution in [3.63, 3.8) is 0 Å². The second-order valence-electron chi connectivity index (χ2n) is 6.29. The number of hydrogen-bond donors (Lipinski definition) is 0. The number of ether oxygens (including phenoxy) is 1. The summed E-state index contributed by atoms with van der Waals surface area (Å²) in [5.74, 6) is -0.979. The van der Waals surface area contributed by atoms with E-state index in [1.165, 1.54) is 33.1 Å². The largest absolute Gasteiger partial charge is 0.375 e. The van der Waals surface area contributed by atoms with Crippen LogP contribution < -0.4 is 0 Å². The highest BCUT2D eigenvalue weighted by Crippen LogP contribution is 2.29. The molecule has 6 nitrogen and oxygen atoms in total. The number of rotatable bonds is 5. The number of carbonyl (C=O) groups is 2. The smallest absolute Gasteiger partial charge is 0.326 e. The Morgan fingerprint density at radius 3 is 2.00 bits per heavy atom. The van der Waals surface area contributed by atoms with Crippen LogP contribution in [0.2, 0.25) is 0 Å². The molecule has 0 aromatic heterocycles. The lowest BCUT2D eigenvalue weighted by molar-refractivity contribution is -0.348. The van der Waals surface area contributed by atoms with Gasteiger partial charge in [0.2, 0.25) is 0 Å². The van der Waals surface area contributed by atoms with Gasteiger partial charge < -0.3 is 14.4 Å². The summed E-state index contributed by atoms with van der Waals surface area (Å²) in [5, 5.41) is 1.07. The van der Waals surface area contributed by atoms with E-state index in [4.69, 9.17) is 14.4 Å². The monoisotopic (exact) mass is 313 g/mol. The highest BCUT2D eigenvalue weighted by Gasteiger charge is 2.33. The number of carbonyl (C=O) groups excluding carboxylic acids is 2. The predicted octanol–water partition coefficient (Wildman–Crippen LogP) is 2.91. The maximum Gasteiger partial charge on any atom is 0.326 e. The Morgan fingerprint density at radius 1 is 0.818 bits per heavy atom. The van der Waals surface area contributed by atoms with E-state index in [1.807, 2.05) is 0 Å². The molecule has 0 spiro atoms. The fourth-order valence-corrected chi connectivity index (χ4v) is 3.33. The molecule has 2 fully saturated rings. The van der Waals surface area contributed by atoms with Gasteiger partial charge in [0.25, 0.3) is 0 Å². The molecule has 2 unspecified atom stereocenters. The van der Waals surface area contributed by atoms with Crippen molar-refractivity contribution in [2.75, 3.05) is 0 Å². The molecule has 126 valence electrons. The minimum absolute atomic E-state index is 0.129. The molecule has 0 bridgehead atoms. The Labute approximate surface area is 132 Å². The van der Waals surface area contributed by atoms with Gasteiger partial charge >= 0.3 is 11.9 Å². The number of hydroxylamine groups is 2. The predicted molar refractivity (Wildman–Crippen MR) is 79.4 cm³/mol. The van der Waals surface area contributed by atoms with Crippen molar-refractivity contribution in [3.8, 4) is 0 Å². The molecular weight excluding hydrogens is 286 g/mol. The molecule has 0 heterocycles. The van der Waals surface area contributed by atoms with Crippen molar-refractivity contribution in [1.82, 2.24) is 5.23 Å². The zero-order chi connectivity index (χ0) is 15.9. The van der Waals surface area contributed by atoms with Crippen molar-refractivity contribution in [1.29, 1.82) is 0 Å². The maximum atomic E-state index is 11.2. The van der Waals surface area contributed by atoms with Crippen LogP contribution in [-0.2, 0) is 24.0 Å². The molecule has 2 aliphatic carbocycles. The molecular formula is C16H27NO5. The van der Waals surface area contributed by atoms with E-state index in [0.29, 0.717) is 6.10 Å². The van der Waals surface area contributed by atoms with Gasteiger partial charge in [0, 0.05) is 19.1 Å². The molecule has 2 atom stereocenters. The summed E-state index contributed by atoms with van der Waals surface area (Å²) in [6.45, 7) is 2.60. The summed E-state index contributed by atoms with van der Waals surface area (Å²) >= 11 is 0. The first-order valence-corrected chi connectivity index (χ1v) is 8.36. The second kappa shape index (κ2) is 8.48. The summed E-state index contributed by atoms with van der Waals surface area (Å²) in [5.41, 5.74) is 0. The van der Waals surface area contributed by atoms with Gasteiger partial charge in [0.05, 0.1) is 18.2 Å². The third-order valence-electron chi connectivity index (χ3n) is 4.27. The molecule has 0 aromatic carbocycles. The van der Waals surface area contributed by atoms with E-state index >= 15 is 0 Å². The summed E-state index contributed by atoms with van der Waals surface area (Å²) in [7, 11) is 0. The van der Waals surface area contributed by atoms with Crippen molar-refractivity contribution >= 4 is 11.9 Å². The van der Waals surface area contributed by atoms with Crippen LogP contribution in [0, 0.1) is 0 Å². The highest BCUT2D eigenvalue weighted by atomic mass is 17.0. The van der Waals surface area contributed by atoms with Gasteiger partial charge in [-0.3, -0.25) is 9.59 Å². The van der Waals surface area contributed by atoms with Crippen LogP contribution in [0.3, 0.4) is 0 Å².